The van der Waals surface area contributed by atoms with Crippen LogP contribution in [0, 0.1) is 20.4 Å². The highest BCUT2D eigenvalue weighted by Gasteiger charge is 2.20. The number of pyridine rings is 1. The van der Waals surface area contributed by atoms with Gasteiger partial charge in [-0.25, -0.2) is 4.85 Å². The molecular weight excluding hydrogens is 318 g/mol. The molecule has 0 aliphatic carbocycles. The van der Waals surface area contributed by atoms with Crippen molar-refractivity contribution in [2.45, 2.75) is 13.8 Å². The van der Waals surface area contributed by atoms with Crippen LogP contribution in [0.1, 0.15) is 11.3 Å². The zero-order valence-corrected chi connectivity index (χ0v) is 15.2. The predicted molar refractivity (Wildman–Crippen MR) is 106 cm³/mol. The highest BCUT2D eigenvalue weighted by atomic mass is 15.0. The number of aryl methyl sites for hydroxylation is 2. The molecule has 3 nitrogen and oxygen atoms in total. The van der Waals surface area contributed by atoms with E-state index in [1.165, 1.54) is 16.5 Å². The van der Waals surface area contributed by atoms with Gasteiger partial charge in [0.05, 0.1) is 6.57 Å². The van der Waals surface area contributed by atoms with E-state index in [1.807, 2.05) is 24.3 Å². The third kappa shape index (κ3) is 2.48. The molecule has 0 aliphatic heterocycles. The van der Waals surface area contributed by atoms with Crippen LogP contribution in [0.3, 0.4) is 0 Å². The minimum atomic E-state index is 0.654. The first-order chi connectivity index (χ1) is 12.6. The van der Waals surface area contributed by atoms with Gasteiger partial charge in [0.25, 0.3) is 0 Å². The van der Waals surface area contributed by atoms with Gasteiger partial charge in [-0.2, -0.15) is 4.57 Å². The fraction of sp³-hybridized carbons (Fsp3) is 0.130. The van der Waals surface area contributed by atoms with Crippen molar-refractivity contribution in [3.05, 3.63) is 89.5 Å². The molecule has 0 saturated carbocycles. The lowest BCUT2D eigenvalue weighted by molar-refractivity contribution is -0.603. The molecule has 0 saturated heterocycles. The summed E-state index contributed by atoms with van der Waals surface area (Å²) in [6, 6.07) is 20.7. The molecule has 2 aromatic carbocycles. The Morgan fingerprint density at radius 2 is 1.73 bits per heavy atom. The number of fused-ring (bicyclic) bond motifs is 1. The molecule has 0 bridgehead atoms. The van der Waals surface area contributed by atoms with Gasteiger partial charge in [0.2, 0.25) is 5.69 Å². The molecule has 0 aliphatic rings. The average Bonchev–Trinajstić information content (AvgIpc) is 2.99. The molecule has 0 amide bonds. The topological polar surface area (TPSA) is 13.2 Å². The molecule has 0 N–H and O–H groups in total. The summed E-state index contributed by atoms with van der Waals surface area (Å²) in [7, 11) is 2.09. The average molecular weight is 338 g/mol. The van der Waals surface area contributed by atoms with Crippen LogP contribution in [0.4, 0.5) is 5.69 Å². The lowest BCUT2D eigenvalue weighted by Gasteiger charge is -2.11. The van der Waals surface area contributed by atoms with Crippen LogP contribution in [0.5, 0.6) is 0 Å². The number of hydrogen-bond acceptors (Lipinski definition) is 0. The highest BCUT2D eigenvalue weighted by molar-refractivity contribution is 5.88. The van der Waals surface area contributed by atoms with Gasteiger partial charge in [-0.3, -0.25) is 0 Å². The van der Waals surface area contributed by atoms with Crippen LogP contribution < -0.4 is 4.57 Å². The van der Waals surface area contributed by atoms with Crippen molar-refractivity contribution in [1.29, 1.82) is 0 Å². The van der Waals surface area contributed by atoms with Gasteiger partial charge in [0, 0.05) is 54.3 Å². The summed E-state index contributed by atoms with van der Waals surface area (Å²) in [5.41, 5.74) is 7.44. The van der Waals surface area contributed by atoms with Gasteiger partial charge in [-0.05, 0) is 30.7 Å². The molecule has 4 rings (SSSR count). The van der Waals surface area contributed by atoms with Crippen LogP contribution in [-0.4, -0.2) is 4.57 Å². The van der Waals surface area contributed by atoms with Crippen molar-refractivity contribution < 1.29 is 4.57 Å². The van der Waals surface area contributed by atoms with E-state index in [1.54, 1.807) is 0 Å². The fourth-order valence-electron chi connectivity index (χ4n) is 3.61. The molecule has 0 spiro atoms. The number of para-hydroxylation sites is 1. The number of hydrogen-bond donors (Lipinski definition) is 0. The molecule has 0 unspecified atom stereocenters. The molecule has 4 aromatic rings. The summed E-state index contributed by atoms with van der Waals surface area (Å²) < 4.78 is 4.36. The van der Waals surface area contributed by atoms with Gasteiger partial charge < -0.3 is 4.57 Å². The predicted octanol–water partition coefficient (Wildman–Crippen LogP) is 5.29. The van der Waals surface area contributed by atoms with Crippen molar-refractivity contribution in [2.75, 3.05) is 0 Å². The minimum absolute atomic E-state index is 0.654. The van der Waals surface area contributed by atoms with Gasteiger partial charge in [0.1, 0.15) is 0 Å². The summed E-state index contributed by atoms with van der Waals surface area (Å²) in [5.74, 6) is 0. The van der Waals surface area contributed by atoms with Crippen LogP contribution in [0.2, 0.25) is 0 Å². The molecule has 2 heterocycles. The standard InChI is InChI=1S/C23H20N3/c1-16-9-7-8-12-26(16)22-15-19(24-3)14-20(17(22)2)23-13-18-10-5-6-11-21(18)25(23)4/h5-15H,1-2,4H3/q+1. The van der Waals surface area contributed by atoms with E-state index in [2.05, 4.69) is 77.5 Å². The molecule has 2 aromatic heterocycles. The maximum absolute atomic E-state index is 7.56. The second kappa shape index (κ2) is 6.16. The van der Waals surface area contributed by atoms with Crippen LogP contribution in [0.25, 0.3) is 32.7 Å². The van der Waals surface area contributed by atoms with E-state index in [4.69, 9.17) is 6.57 Å². The third-order valence-electron chi connectivity index (χ3n) is 5.04. The summed E-state index contributed by atoms with van der Waals surface area (Å²) in [4.78, 5) is 3.72. The van der Waals surface area contributed by atoms with Gasteiger partial charge in [-0.1, -0.05) is 24.3 Å². The van der Waals surface area contributed by atoms with Gasteiger partial charge in [0.15, 0.2) is 17.6 Å². The van der Waals surface area contributed by atoms with Crippen molar-refractivity contribution in [3.63, 3.8) is 0 Å². The Bertz CT molecular complexity index is 1180. The Morgan fingerprint density at radius 1 is 0.962 bits per heavy atom. The molecule has 0 fully saturated rings. The summed E-state index contributed by atoms with van der Waals surface area (Å²) in [5, 5.41) is 1.21. The highest BCUT2D eigenvalue weighted by Crippen LogP contribution is 2.34. The quantitative estimate of drug-likeness (QED) is 0.348. The monoisotopic (exact) mass is 338 g/mol. The lowest BCUT2D eigenvalue weighted by Crippen LogP contribution is -2.34. The maximum Gasteiger partial charge on any atom is 0.204 e. The molecule has 26 heavy (non-hydrogen) atoms. The van der Waals surface area contributed by atoms with Crippen molar-refractivity contribution >= 4 is 16.6 Å². The van der Waals surface area contributed by atoms with Crippen LogP contribution >= 0.6 is 0 Å². The first-order valence-electron chi connectivity index (χ1n) is 8.65. The van der Waals surface area contributed by atoms with E-state index >= 15 is 0 Å². The van der Waals surface area contributed by atoms with Crippen molar-refractivity contribution in [3.8, 4) is 16.9 Å². The number of aromatic nitrogens is 2. The first-order valence-corrected chi connectivity index (χ1v) is 8.65. The summed E-state index contributed by atoms with van der Waals surface area (Å²) in [6.07, 6.45) is 2.05. The fourth-order valence-corrected chi connectivity index (χ4v) is 3.61. The second-order valence-electron chi connectivity index (χ2n) is 6.61. The zero-order chi connectivity index (χ0) is 18.3. The molecule has 0 radical (unpaired) electrons. The molecule has 0 atom stereocenters. The smallest absolute Gasteiger partial charge is 0.204 e. The minimum Gasteiger partial charge on any atom is -0.344 e. The largest absolute Gasteiger partial charge is 0.344 e. The van der Waals surface area contributed by atoms with Crippen LogP contribution in [-0.2, 0) is 7.05 Å². The van der Waals surface area contributed by atoms with E-state index in [0.717, 1.165) is 22.6 Å². The van der Waals surface area contributed by atoms with E-state index in [9.17, 15) is 0 Å². The van der Waals surface area contributed by atoms with Crippen molar-refractivity contribution in [1.82, 2.24) is 4.57 Å². The van der Waals surface area contributed by atoms with Crippen molar-refractivity contribution in [2.24, 2.45) is 7.05 Å². The Kier molecular flexibility index (Phi) is 3.82. The van der Waals surface area contributed by atoms with E-state index in [0.29, 0.717) is 5.69 Å². The summed E-state index contributed by atoms with van der Waals surface area (Å²) in [6.45, 7) is 11.8. The van der Waals surface area contributed by atoms with Gasteiger partial charge in [-0.15, -0.1) is 0 Å². The molecule has 126 valence electrons. The number of rotatable bonds is 2. The van der Waals surface area contributed by atoms with E-state index < -0.39 is 0 Å². The SMILES string of the molecule is [C-]#[N+]c1cc(-c2cc3ccccc3n2C)c(C)c(-[n+]2ccccc2C)c1. The van der Waals surface area contributed by atoms with Gasteiger partial charge >= 0.3 is 0 Å². The second-order valence-corrected chi connectivity index (χ2v) is 6.61. The third-order valence-corrected chi connectivity index (χ3v) is 5.04. The number of benzene rings is 2. The first kappa shape index (κ1) is 16.1. The Morgan fingerprint density at radius 3 is 2.46 bits per heavy atom. The molecular formula is C23H20N3+. The Hall–Kier alpha value is -3.38. The zero-order valence-electron chi connectivity index (χ0n) is 15.2. The normalized spacial score (nSPS) is 10.8. The Labute approximate surface area is 153 Å². The Balaban J connectivity index is 2.03. The van der Waals surface area contributed by atoms with Crippen LogP contribution in [0.15, 0.2) is 66.9 Å². The number of nitrogens with zero attached hydrogens (tertiary/aromatic N) is 3. The van der Waals surface area contributed by atoms with E-state index in [-0.39, 0.29) is 0 Å². The maximum atomic E-state index is 7.56. The summed E-state index contributed by atoms with van der Waals surface area (Å²) >= 11 is 0. The molecule has 3 heteroatoms. The lowest BCUT2D eigenvalue weighted by atomic mass is 10.0.